The molecule has 2 aliphatic rings. The topological polar surface area (TPSA) is 86.2 Å². The summed E-state index contributed by atoms with van der Waals surface area (Å²) in [5, 5.41) is 5.99. The smallest absolute Gasteiger partial charge is 0.255 e. The fourth-order valence-corrected chi connectivity index (χ4v) is 4.94. The van der Waals surface area contributed by atoms with Crippen molar-refractivity contribution in [3.63, 3.8) is 0 Å². The number of likely N-dealkylation sites (N-methyl/N-ethyl adjacent to an activating group) is 1. The molecule has 0 bridgehead atoms. The van der Waals surface area contributed by atoms with Crippen LogP contribution in [-0.2, 0) is 9.59 Å². The Morgan fingerprint density at radius 1 is 1.00 bits per heavy atom. The van der Waals surface area contributed by atoms with Gasteiger partial charge in [-0.3, -0.25) is 14.4 Å². The number of carbonyl (C=O) groups excluding carboxylic acids is 3. The average molecular weight is 454 g/mol. The van der Waals surface area contributed by atoms with Crippen LogP contribution in [0.25, 0.3) is 5.52 Å². The zero-order valence-electron chi connectivity index (χ0n) is 19.6. The molecule has 1 unspecified atom stereocenters. The van der Waals surface area contributed by atoms with E-state index in [1.807, 2.05) is 50.9 Å². The second-order valence-electron chi connectivity index (χ2n) is 9.27. The van der Waals surface area contributed by atoms with E-state index in [4.69, 9.17) is 0 Å². The Morgan fingerprint density at radius 2 is 1.70 bits per heavy atom. The van der Waals surface area contributed by atoms with E-state index in [0.29, 0.717) is 31.7 Å². The van der Waals surface area contributed by atoms with Crippen LogP contribution in [-0.4, -0.2) is 77.2 Å². The highest BCUT2D eigenvalue weighted by Crippen LogP contribution is 2.28. The van der Waals surface area contributed by atoms with Crippen LogP contribution in [0.5, 0.6) is 0 Å². The van der Waals surface area contributed by atoms with Crippen molar-refractivity contribution in [1.82, 2.24) is 24.8 Å². The molecule has 178 valence electrons. The Labute approximate surface area is 195 Å². The molecule has 8 nitrogen and oxygen atoms in total. The van der Waals surface area contributed by atoms with E-state index in [2.05, 4.69) is 10.6 Å². The molecule has 2 fully saturated rings. The molecule has 0 radical (unpaired) electrons. The first kappa shape index (κ1) is 23.3. The van der Waals surface area contributed by atoms with E-state index in [9.17, 15) is 14.4 Å². The summed E-state index contributed by atoms with van der Waals surface area (Å²) in [7, 11) is 1.74. The van der Waals surface area contributed by atoms with Gasteiger partial charge in [-0.2, -0.15) is 0 Å². The maximum atomic E-state index is 13.5. The summed E-state index contributed by atoms with van der Waals surface area (Å²) in [4.78, 5) is 42.7. The molecule has 0 spiro atoms. The van der Waals surface area contributed by atoms with E-state index in [0.717, 1.165) is 31.2 Å². The molecule has 8 heteroatoms. The Morgan fingerprint density at radius 3 is 2.36 bits per heavy atom. The van der Waals surface area contributed by atoms with Crippen molar-refractivity contribution in [2.45, 2.75) is 51.1 Å². The summed E-state index contributed by atoms with van der Waals surface area (Å²) >= 11 is 0. The van der Waals surface area contributed by atoms with Crippen molar-refractivity contribution in [2.75, 3.05) is 33.2 Å². The average Bonchev–Trinajstić information content (AvgIpc) is 3.31. The van der Waals surface area contributed by atoms with E-state index in [1.54, 1.807) is 14.0 Å². The molecular formula is C25H35N5O3. The van der Waals surface area contributed by atoms with Crippen molar-refractivity contribution >= 4 is 23.2 Å². The van der Waals surface area contributed by atoms with Gasteiger partial charge in [-0.15, -0.1) is 0 Å². The van der Waals surface area contributed by atoms with E-state index in [-0.39, 0.29) is 29.7 Å². The predicted molar refractivity (Wildman–Crippen MR) is 127 cm³/mol. The number of pyridine rings is 1. The lowest BCUT2D eigenvalue weighted by atomic mass is 9.83. The number of aromatic nitrogens is 1. The summed E-state index contributed by atoms with van der Waals surface area (Å²) in [5.41, 5.74) is 1.64. The van der Waals surface area contributed by atoms with Gasteiger partial charge < -0.3 is 24.8 Å². The van der Waals surface area contributed by atoms with Crippen LogP contribution in [0.15, 0.2) is 36.7 Å². The maximum absolute atomic E-state index is 13.5. The van der Waals surface area contributed by atoms with E-state index < -0.39 is 6.04 Å². The van der Waals surface area contributed by atoms with Crippen LogP contribution in [0.1, 0.15) is 49.4 Å². The lowest BCUT2D eigenvalue weighted by molar-refractivity contribution is -0.140. The number of nitrogens with zero attached hydrogens (tertiary/aromatic N) is 3. The fourth-order valence-electron chi connectivity index (χ4n) is 4.94. The molecule has 4 rings (SSSR count). The molecule has 3 amide bonds. The van der Waals surface area contributed by atoms with Crippen molar-refractivity contribution < 1.29 is 14.4 Å². The lowest BCUT2D eigenvalue weighted by Crippen LogP contribution is -2.59. The molecule has 2 aromatic rings. The summed E-state index contributed by atoms with van der Waals surface area (Å²) in [6.07, 6.45) is 9.09. The van der Waals surface area contributed by atoms with Gasteiger partial charge in [-0.05, 0) is 50.9 Å². The third kappa shape index (κ3) is 5.21. The Bertz CT molecular complexity index is 956. The van der Waals surface area contributed by atoms with Crippen molar-refractivity contribution in [2.24, 2.45) is 5.92 Å². The number of hydrogen-bond acceptors (Lipinski definition) is 4. The second-order valence-corrected chi connectivity index (χ2v) is 9.27. The van der Waals surface area contributed by atoms with E-state index >= 15 is 0 Å². The zero-order chi connectivity index (χ0) is 23.4. The SMILES string of the molecule is CN[C@@H](C)C(=O)NC(C(=O)N1CCN(C(=O)c2cc3ccccn3c2)CC1)C1CCCCC1. The number of rotatable bonds is 6. The standard InChI is InChI=1S/C25H35N5O3/c1-18(26-2)23(31)27-22(19-8-4-3-5-9-19)25(33)29-14-12-28(13-15-29)24(32)20-16-21-10-6-7-11-30(21)17-20/h6-7,10-11,16-19,22,26H,3-5,8-9,12-15H2,1-2H3,(H,27,31)/t18-,22?/m0/s1. The monoisotopic (exact) mass is 453 g/mol. The third-order valence-electron chi connectivity index (χ3n) is 7.14. The molecule has 1 saturated carbocycles. The van der Waals surface area contributed by atoms with Crippen molar-refractivity contribution in [1.29, 1.82) is 0 Å². The van der Waals surface area contributed by atoms with Gasteiger partial charge >= 0.3 is 0 Å². The third-order valence-corrected chi connectivity index (χ3v) is 7.14. The highest BCUT2D eigenvalue weighted by Gasteiger charge is 2.36. The highest BCUT2D eigenvalue weighted by atomic mass is 16.2. The van der Waals surface area contributed by atoms with Crippen LogP contribution in [0.2, 0.25) is 0 Å². The minimum Gasteiger partial charge on any atom is -0.343 e. The van der Waals surface area contributed by atoms with Gasteiger partial charge in [0.25, 0.3) is 5.91 Å². The first-order valence-corrected chi connectivity index (χ1v) is 12.1. The van der Waals surface area contributed by atoms with Crippen molar-refractivity contribution in [3.8, 4) is 0 Å². The predicted octanol–water partition coefficient (Wildman–Crippen LogP) is 1.90. The fraction of sp³-hybridized carbons (Fsp3) is 0.560. The molecule has 1 saturated heterocycles. The molecule has 1 aliphatic heterocycles. The van der Waals surface area contributed by atoms with Gasteiger partial charge in [0.15, 0.2) is 0 Å². The van der Waals surface area contributed by atoms with Crippen LogP contribution in [0.4, 0.5) is 0 Å². The van der Waals surface area contributed by atoms with Crippen molar-refractivity contribution in [3.05, 3.63) is 42.2 Å². The van der Waals surface area contributed by atoms with Gasteiger partial charge in [0.2, 0.25) is 11.8 Å². The zero-order valence-corrected chi connectivity index (χ0v) is 19.6. The van der Waals surface area contributed by atoms with Gasteiger partial charge in [-0.25, -0.2) is 0 Å². The summed E-state index contributed by atoms with van der Waals surface area (Å²) in [6, 6.07) is 6.92. The minimum atomic E-state index is -0.493. The number of amides is 3. The number of hydrogen-bond donors (Lipinski definition) is 2. The van der Waals surface area contributed by atoms with Crippen LogP contribution < -0.4 is 10.6 Å². The Kier molecular flexibility index (Phi) is 7.33. The number of nitrogens with one attached hydrogen (secondary N) is 2. The lowest BCUT2D eigenvalue weighted by Gasteiger charge is -2.39. The first-order valence-electron chi connectivity index (χ1n) is 12.1. The quantitative estimate of drug-likeness (QED) is 0.700. The highest BCUT2D eigenvalue weighted by molar-refractivity contribution is 5.96. The molecular weight excluding hydrogens is 418 g/mol. The molecule has 0 aromatic carbocycles. The molecule has 2 atom stereocenters. The van der Waals surface area contributed by atoms with Crippen LogP contribution >= 0.6 is 0 Å². The van der Waals surface area contributed by atoms with E-state index in [1.165, 1.54) is 6.42 Å². The van der Waals surface area contributed by atoms with Crippen LogP contribution in [0.3, 0.4) is 0 Å². The van der Waals surface area contributed by atoms with Crippen LogP contribution in [0, 0.1) is 5.92 Å². The van der Waals surface area contributed by atoms with Gasteiger partial charge in [0, 0.05) is 44.1 Å². The minimum absolute atomic E-state index is 0.00854. The Balaban J connectivity index is 1.40. The molecule has 33 heavy (non-hydrogen) atoms. The molecule has 1 aliphatic carbocycles. The number of piperazine rings is 1. The largest absolute Gasteiger partial charge is 0.343 e. The number of carbonyl (C=O) groups is 3. The summed E-state index contributed by atoms with van der Waals surface area (Å²) in [6.45, 7) is 3.76. The van der Waals surface area contributed by atoms with Gasteiger partial charge in [0.1, 0.15) is 6.04 Å². The summed E-state index contributed by atoms with van der Waals surface area (Å²) in [5.74, 6) is 0.00902. The first-order chi connectivity index (χ1) is 16.0. The normalized spacial score (nSPS) is 19.3. The van der Waals surface area contributed by atoms with Gasteiger partial charge in [-0.1, -0.05) is 25.3 Å². The summed E-state index contributed by atoms with van der Waals surface area (Å²) < 4.78 is 1.94. The second kappa shape index (κ2) is 10.4. The molecule has 3 heterocycles. The maximum Gasteiger partial charge on any atom is 0.255 e. The van der Waals surface area contributed by atoms with Gasteiger partial charge in [0.05, 0.1) is 11.6 Å². The number of fused-ring (bicyclic) bond motifs is 1. The molecule has 2 N–H and O–H groups in total. The molecule has 2 aromatic heterocycles. The Hall–Kier alpha value is -2.87.